The zero-order valence-electron chi connectivity index (χ0n) is 13.2. The molecule has 2 rings (SSSR count). The van der Waals surface area contributed by atoms with Gasteiger partial charge in [0.1, 0.15) is 0 Å². The van der Waals surface area contributed by atoms with Crippen LogP contribution in [0.2, 0.25) is 0 Å². The highest BCUT2D eigenvalue weighted by molar-refractivity contribution is 4.69. The molecule has 0 aromatic heterocycles. The molecule has 0 unspecified atom stereocenters. The number of hydroxylamine groups is 3. The molecule has 0 aromatic carbocycles. The van der Waals surface area contributed by atoms with E-state index in [0.29, 0.717) is 6.04 Å². The Morgan fingerprint density at radius 1 is 0.650 bits per heavy atom. The van der Waals surface area contributed by atoms with Crippen LogP contribution in [-0.4, -0.2) is 24.2 Å². The minimum atomic E-state index is 0.639. The lowest BCUT2D eigenvalue weighted by Gasteiger charge is -2.31. The molecule has 1 N–H and O–H groups in total. The summed E-state index contributed by atoms with van der Waals surface area (Å²) in [4.78, 5) is 5.91. The Balaban J connectivity index is 1.81. The van der Waals surface area contributed by atoms with Gasteiger partial charge in [0.05, 0.1) is 0 Å². The molecule has 3 nitrogen and oxygen atoms in total. The Morgan fingerprint density at radius 3 is 1.90 bits per heavy atom. The van der Waals surface area contributed by atoms with Crippen molar-refractivity contribution in [2.24, 2.45) is 0 Å². The average molecular weight is 282 g/mol. The summed E-state index contributed by atoms with van der Waals surface area (Å²) < 4.78 is 0. The number of nitrogens with zero attached hydrogens (tertiary/aromatic N) is 1. The summed E-state index contributed by atoms with van der Waals surface area (Å²) in [6, 6.07) is 0.639. The quantitative estimate of drug-likeness (QED) is 0.761. The van der Waals surface area contributed by atoms with Crippen LogP contribution in [0.15, 0.2) is 0 Å². The Kier molecular flexibility index (Phi) is 8.60. The molecule has 0 spiro atoms. The lowest BCUT2D eigenvalue weighted by molar-refractivity contribution is -0.237. The van der Waals surface area contributed by atoms with Crippen molar-refractivity contribution in [3.05, 3.63) is 0 Å². The Bertz CT molecular complexity index is 191. The fourth-order valence-corrected chi connectivity index (χ4v) is 3.50. The molecule has 1 aliphatic heterocycles. The van der Waals surface area contributed by atoms with Gasteiger partial charge in [0.2, 0.25) is 0 Å². The summed E-state index contributed by atoms with van der Waals surface area (Å²) in [6.45, 7) is 2.11. The smallest absolute Gasteiger partial charge is 0.0371 e. The molecule has 1 saturated heterocycles. The summed E-state index contributed by atoms with van der Waals surface area (Å²) in [5.41, 5.74) is 3.19. The van der Waals surface area contributed by atoms with Crippen molar-refractivity contribution in [1.82, 2.24) is 10.5 Å². The van der Waals surface area contributed by atoms with Crippen molar-refractivity contribution in [2.45, 2.75) is 95.9 Å². The molecule has 1 aliphatic carbocycles. The summed E-state index contributed by atoms with van der Waals surface area (Å²) in [5, 5.41) is 2.28. The molecule has 0 radical (unpaired) electrons. The van der Waals surface area contributed by atoms with Gasteiger partial charge in [-0.25, -0.2) is 4.94 Å². The van der Waals surface area contributed by atoms with Crippen LogP contribution in [0.5, 0.6) is 0 Å². The summed E-state index contributed by atoms with van der Waals surface area (Å²) >= 11 is 0. The van der Waals surface area contributed by atoms with E-state index in [4.69, 9.17) is 4.94 Å². The van der Waals surface area contributed by atoms with Crippen LogP contribution < -0.4 is 5.48 Å². The van der Waals surface area contributed by atoms with Crippen LogP contribution >= 0.6 is 0 Å². The Morgan fingerprint density at radius 2 is 1.20 bits per heavy atom. The second-order valence-electron chi connectivity index (χ2n) is 6.60. The van der Waals surface area contributed by atoms with E-state index in [0.717, 1.165) is 13.1 Å². The van der Waals surface area contributed by atoms with E-state index in [9.17, 15) is 0 Å². The maximum absolute atomic E-state index is 5.91. The van der Waals surface area contributed by atoms with Gasteiger partial charge in [-0.3, -0.25) is 0 Å². The average Bonchev–Trinajstić information content (AvgIpc) is 2.50. The van der Waals surface area contributed by atoms with Gasteiger partial charge in [-0.2, -0.15) is 10.5 Å². The van der Waals surface area contributed by atoms with E-state index >= 15 is 0 Å². The lowest BCUT2D eigenvalue weighted by atomic mass is 9.97. The third-order valence-corrected chi connectivity index (χ3v) is 4.82. The fourth-order valence-electron chi connectivity index (χ4n) is 3.50. The highest BCUT2D eigenvalue weighted by Gasteiger charge is 2.20. The van der Waals surface area contributed by atoms with E-state index in [1.807, 2.05) is 0 Å². The van der Waals surface area contributed by atoms with Gasteiger partial charge in [-0.05, 0) is 25.7 Å². The summed E-state index contributed by atoms with van der Waals surface area (Å²) in [6.07, 6.45) is 19.2. The number of hydrogen-bond acceptors (Lipinski definition) is 3. The molecule has 3 heteroatoms. The maximum Gasteiger partial charge on any atom is 0.0371 e. The molecule has 0 aromatic rings. The van der Waals surface area contributed by atoms with E-state index in [1.165, 1.54) is 89.9 Å². The maximum atomic E-state index is 5.91. The molecule has 20 heavy (non-hydrogen) atoms. The monoisotopic (exact) mass is 282 g/mol. The van der Waals surface area contributed by atoms with Gasteiger partial charge in [0.25, 0.3) is 0 Å². The van der Waals surface area contributed by atoms with Gasteiger partial charge < -0.3 is 0 Å². The first-order valence-electron chi connectivity index (χ1n) is 9.13. The second kappa shape index (κ2) is 10.6. The zero-order valence-corrected chi connectivity index (χ0v) is 13.2. The van der Waals surface area contributed by atoms with Crippen LogP contribution in [0.3, 0.4) is 0 Å². The fraction of sp³-hybridized carbons (Fsp3) is 1.00. The third kappa shape index (κ3) is 6.55. The molecule has 2 aliphatic rings. The number of hydrogen-bond donors (Lipinski definition) is 1. The zero-order chi connectivity index (χ0) is 13.9. The first-order chi connectivity index (χ1) is 9.97. The SMILES string of the molecule is C1CCCCC(N2CCCCCCCNO2)CCCC1. The lowest BCUT2D eigenvalue weighted by Crippen LogP contribution is -2.41. The van der Waals surface area contributed by atoms with Crippen LogP contribution in [-0.2, 0) is 4.94 Å². The highest BCUT2D eigenvalue weighted by atomic mass is 16.8. The Hall–Kier alpha value is -0.120. The van der Waals surface area contributed by atoms with E-state index in [-0.39, 0.29) is 0 Å². The molecule has 1 saturated carbocycles. The normalized spacial score (nSPS) is 27.0. The largest absolute Gasteiger partial charge is 0.211 e. The van der Waals surface area contributed by atoms with E-state index < -0.39 is 0 Å². The predicted molar refractivity (Wildman–Crippen MR) is 84.2 cm³/mol. The van der Waals surface area contributed by atoms with Gasteiger partial charge >= 0.3 is 0 Å². The summed E-state index contributed by atoms with van der Waals surface area (Å²) in [5.74, 6) is 0. The first kappa shape index (κ1) is 16.3. The van der Waals surface area contributed by atoms with Crippen LogP contribution in [0.4, 0.5) is 0 Å². The first-order valence-corrected chi connectivity index (χ1v) is 9.13. The minimum absolute atomic E-state index is 0.639. The van der Waals surface area contributed by atoms with Crippen LogP contribution in [0.1, 0.15) is 89.9 Å². The molecule has 0 amide bonds. The van der Waals surface area contributed by atoms with E-state index in [2.05, 4.69) is 10.5 Å². The Labute approximate surface area is 125 Å². The molecule has 1 heterocycles. The second-order valence-corrected chi connectivity index (χ2v) is 6.60. The van der Waals surface area contributed by atoms with Crippen molar-refractivity contribution in [3.63, 3.8) is 0 Å². The third-order valence-electron chi connectivity index (χ3n) is 4.82. The van der Waals surface area contributed by atoms with Crippen molar-refractivity contribution in [3.8, 4) is 0 Å². The molecule has 118 valence electrons. The van der Waals surface area contributed by atoms with Crippen LogP contribution in [0.25, 0.3) is 0 Å². The predicted octanol–water partition coefficient (Wildman–Crippen LogP) is 4.58. The molecule has 0 atom stereocenters. The van der Waals surface area contributed by atoms with Gasteiger partial charge in [-0.15, -0.1) is 0 Å². The molecular formula is C17H34N2O. The standard InChI is InChI=1S/C17H34N2O/c1-2-5-9-13-17(14-10-6-3-1)19-16-12-8-4-7-11-15-18-20-19/h17-18H,1-16H2. The van der Waals surface area contributed by atoms with Crippen molar-refractivity contribution < 1.29 is 4.94 Å². The minimum Gasteiger partial charge on any atom is -0.211 e. The summed E-state index contributed by atoms with van der Waals surface area (Å²) in [7, 11) is 0. The van der Waals surface area contributed by atoms with Crippen molar-refractivity contribution in [1.29, 1.82) is 0 Å². The molecule has 0 bridgehead atoms. The van der Waals surface area contributed by atoms with Crippen molar-refractivity contribution in [2.75, 3.05) is 13.1 Å². The number of rotatable bonds is 1. The molecular weight excluding hydrogens is 248 g/mol. The molecule has 2 fully saturated rings. The topological polar surface area (TPSA) is 24.5 Å². The van der Waals surface area contributed by atoms with Gasteiger partial charge in [0.15, 0.2) is 0 Å². The van der Waals surface area contributed by atoms with E-state index in [1.54, 1.807) is 0 Å². The van der Waals surface area contributed by atoms with Gasteiger partial charge in [-0.1, -0.05) is 64.2 Å². The van der Waals surface area contributed by atoms with Gasteiger partial charge in [0, 0.05) is 19.1 Å². The highest BCUT2D eigenvalue weighted by Crippen LogP contribution is 2.21. The van der Waals surface area contributed by atoms with Crippen LogP contribution in [0, 0.1) is 0 Å². The van der Waals surface area contributed by atoms with Crippen molar-refractivity contribution >= 4 is 0 Å². The number of nitrogens with one attached hydrogen (secondary N) is 1.